The highest BCUT2D eigenvalue weighted by molar-refractivity contribution is 7.80. The van der Waals surface area contributed by atoms with Gasteiger partial charge in [0.25, 0.3) is 0 Å². The van der Waals surface area contributed by atoms with E-state index < -0.39 is 0 Å². The molecule has 6 nitrogen and oxygen atoms in total. The molecule has 3 aromatic carbocycles. The molecule has 0 spiro atoms. The first kappa shape index (κ1) is 24.2. The van der Waals surface area contributed by atoms with Gasteiger partial charge >= 0.3 is 0 Å². The van der Waals surface area contributed by atoms with Crippen LogP contribution in [-0.2, 0) is 4.79 Å². The van der Waals surface area contributed by atoms with Crippen molar-refractivity contribution in [1.82, 2.24) is 10.3 Å². The molecule has 4 aromatic rings. The number of thiocarbonyl (C=S) groups is 1. The summed E-state index contributed by atoms with van der Waals surface area (Å²) in [6.45, 7) is 8.23. The van der Waals surface area contributed by atoms with Crippen molar-refractivity contribution in [2.24, 2.45) is 0 Å². The number of anilines is 1. The molecule has 0 saturated heterocycles. The minimum Gasteiger partial charge on any atom is -0.507 e. The standard InChI is InChI=1S/C28H27N3O3S/c1-16(2)20-8-5-19(6-9-20)7-12-25(33)31-28(35)29-21-10-11-24(32)22(15-21)27-30-23-14-17(3)13-18(4)26(23)34-27/h5-16,32H,1-4H3,(H2,29,31,33,35)/b12-7+. The van der Waals surface area contributed by atoms with E-state index in [2.05, 4.69) is 41.6 Å². The summed E-state index contributed by atoms with van der Waals surface area (Å²) in [4.78, 5) is 16.8. The normalized spacial score (nSPS) is 11.3. The summed E-state index contributed by atoms with van der Waals surface area (Å²) >= 11 is 5.29. The first-order valence-electron chi connectivity index (χ1n) is 11.3. The van der Waals surface area contributed by atoms with Crippen molar-refractivity contribution in [3.63, 3.8) is 0 Å². The molecule has 1 aromatic heterocycles. The van der Waals surface area contributed by atoms with E-state index in [9.17, 15) is 9.90 Å². The highest BCUT2D eigenvalue weighted by atomic mass is 32.1. The maximum atomic E-state index is 12.3. The van der Waals surface area contributed by atoms with Crippen LogP contribution in [-0.4, -0.2) is 21.1 Å². The largest absolute Gasteiger partial charge is 0.507 e. The van der Waals surface area contributed by atoms with Gasteiger partial charge in [-0.15, -0.1) is 0 Å². The fourth-order valence-corrected chi connectivity index (χ4v) is 3.98. The summed E-state index contributed by atoms with van der Waals surface area (Å²) in [5, 5.41) is 16.1. The molecule has 0 fully saturated rings. The third-order valence-corrected chi connectivity index (χ3v) is 5.78. The zero-order valence-corrected chi connectivity index (χ0v) is 20.9. The fourth-order valence-electron chi connectivity index (χ4n) is 3.76. The average molecular weight is 486 g/mol. The summed E-state index contributed by atoms with van der Waals surface area (Å²) in [7, 11) is 0. The molecule has 0 aliphatic rings. The van der Waals surface area contributed by atoms with E-state index in [0.717, 1.165) is 22.2 Å². The molecule has 35 heavy (non-hydrogen) atoms. The number of aryl methyl sites for hydroxylation is 2. The number of hydrogen-bond donors (Lipinski definition) is 3. The molecule has 0 bridgehead atoms. The number of carbonyl (C=O) groups is 1. The van der Waals surface area contributed by atoms with Crippen LogP contribution in [0.25, 0.3) is 28.6 Å². The Morgan fingerprint density at radius 1 is 1.09 bits per heavy atom. The molecule has 7 heteroatoms. The van der Waals surface area contributed by atoms with Crippen LogP contribution in [0, 0.1) is 13.8 Å². The Morgan fingerprint density at radius 2 is 1.83 bits per heavy atom. The van der Waals surface area contributed by atoms with E-state index in [1.165, 1.54) is 17.7 Å². The Bertz CT molecular complexity index is 1440. The van der Waals surface area contributed by atoms with Crippen molar-refractivity contribution >= 4 is 46.1 Å². The van der Waals surface area contributed by atoms with Gasteiger partial charge in [-0.2, -0.15) is 0 Å². The molecule has 3 N–H and O–H groups in total. The number of aromatic nitrogens is 1. The molecule has 0 aliphatic carbocycles. The quantitative estimate of drug-likeness (QED) is 0.171. The summed E-state index contributed by atoms with van der Waals surface area (Å²) in [6, 6.07) is 16.9. The molecule has 0 unspecified atom stereocenters. The lowest BCUT2D eigenvalue weighted by molar-refractivity contribution is -0.115. The van der Waals surface area contributed by atoms with Crippen LogP contribution in [0.4, 0.5) is 5.69 Å². The number of benzene rings is 3. The number of nitrogens with zero attached hydrogens (tertiary/aromatic N) is 1. The number of carbonyl (C=O) groups excluding carboxylic acids is 1. The Kier molecular flexibility index (Phi) is 6.98. The lowest BCUT2D eigenvalue weighted by atomic mass is 10.0. The number of fused-ring (bicyclic) bond motifs is 1. The third-order valence-electron chi connectivity index (χ3n) is 5.57. The second-order valence-electron chi connectivity index (χ2n) is 8.78. The maximum absolute atomic E-state index is 12.3. The van der Waals surface area contributed by atoms with Crippen molar-refractivity contribution < 1.29 is 14.3 Å². The van der Waals surface area contributed by atoms with E-state index in [1.54, 1.807) is 18.2 Å². The number of rotatable bonds is 5. The van der Waals surface area contributed by atoms with Crippen LogP contribution >= 0.6 is 12.2 Å². The second kappa shape index (κ2) is 10.1. The van der Waals surface area contributed by atoms with Gasteiger partial charge in [0.2, 0.25) is 11.8 Å². The van der Waals surface area contributed by atoms with Crippen LogP contribution in [0.3, 0.4) is 0 Å². The number of nitrogens with one attached hydrogen (secondary N) is 2. The van der Waals surface area contributed by atoms with E-state index in [1.807, 2.05) is 38.1 Å². The Morgan fingerprint density at radius 3 is 2.54 bits per heavy atom. The summed E-state index contributed by atoms with van der Waals surface area (Å²) in [6.07, 6.45) is 3.17. The molecular weight excluding hydrogens is 458 g/mol. The van der Waals surface area contributed by atoms with Crippen molar-refractivity contribution in [1.29, 1.82) is 0 Å². The molecule has 0 radical (unpaired) electrons. The SMILES string of the molecule is Cc1cc(C)c2oc(-c3cc(NC(=S)NC(=O)/C=C/c4ccc(C(C)C)cc4)ccc3O)nc2c1. The van der Waals surface area contributed by atoms with Gasteiger partial charge in [0.05, 0.1) is 5.56 Å². The molecular formula is C28H27N3O3S. The zero-order valence-electron chi connectivity index (χ0n) is 20.0. The number of phenols is 1. The van der Waals surface area contributed by atoms with E-state index >= 15 is 0 Å². The van der Waals surface area contributed by atoms with Gasteiger partial charge in [0, 0.05) is 11.8 Å². The molecule has 1 amide bonds. The first-order chi connectivity index (χ1) is 16.7. The molecule has 0 atom stereocenters. The Hall–Kier alpha value is -3.97. The van der Waals surface area contributed by atoms with E-state index in [-0.39, 0.29) is 16.8 Å². The third kappa shape index (κ3) is 5.75. The smallest absolute Gasteiger partial charge is 0.250 e. The minimum atomic E-state index is -0.348. The predicted octanol–water partition coefficient (Wildman–Crippen LogP) is 6.47. The van der Waals surface area contributed by atoms with Gasteiger partial charge in [-0.3, -0.25) is 10.1 Å². The highest BCUT2D eigenvalue weighted by Gasteiger charge is 2.15. The van der Waals surface area contributed by atoms with Gasteiger partial charge in [0.1, 0.15) is 11.3 Å². The van der Waals surface area contributed by atoms with E-state index in [0.29, 0.717) is 28.6 Å². The van der Waals surface area contributed by atoms with Gasteiger partial charge < -0.3 is 14.8 Å². The number of hydrogen-bond acceptors (Lipinski definition) is 5. The Balaban J connectivity index is 1.44. The summed E-state index contributed by atoms with van der Waals surface area (Å²) < 4.78 is 5.93. The first-order valence-corrected chi connectivity index (χ1v) is 11.7. The molecule has 1 heterocycles. The van der Waals surface area contributed by atoms with Crippen molar-refractivity contribution in [3.8, 4) is 17.2 Å². The van der Waals surface area contributed by atoms with Crippen molar-refractivity contribution in [2.45, 2.75) is 33.6 Å². The molecule has 4 rings (SSSR count). The van der Waals surface area contributed by atoms with Gasteiger partial charge in [-0.05, 0) is 84.6 Å². The van der Waals surface area contributed by atoms with Crippen LogP contribution in [0.1, 0.15) is 42.0 Å². The summed E-state index contributed by atoms with van der Waals surface area (Å²) in [5.41, 5.74) is 6.62. The number of phenolic OH excluding ortho intramolecular Hbond substituents is 1. The van der Waals surface area contributed by atoms with Gasteiger partial charge in [-0.25, -0.2) is 4.98 Å². The van der Waals surface area contributed by atoms with Crippen LogP contribution in [0.5, 0.6) is 5.75 Å². The average Bonchev–Trinajstić information content (AvgIpc) is 3.23. The Labute approximate surface area is 209 Å². The monoisotopic (exact) mass is 485 g/mol. The molecule has 0 aliphatic heterocycles. The highest BCUT2D eigenvalue weighted by Crippen LogP contribution is 2.34. The van der Waals surface area contributed by atoms with E-state index in [4.69, 9.17) is 16.6 Å². The maximum Gasteiger partial charge on any atom is 0.250 e. The van der Waals surface area contributed by atoms with Crippen LogP contribution in [0.2, 0.25) is 0 Å². The predicted molar refractivity (Wildman–Crippen MR) is 145 cm³/mol. The van der Waals surface area contributed by atoms with Crippen molar-refractivity contribution in [2.75, 3.05) is 5.32 Å². The molecule has 178 valence electrons. The second-order valence-corrected chi connectivity index (χ2v) is 9.19. The lowest BCUT2D eigenvalue weighted by Crippen LogP contribution is -2.32. The van der Waals surface area contributed by atoms with Crippen LogP contribution < -0.4 is 10.6 Å². The van der Waals surface area contributed by atoms with Crippen LogP contribution in [0.15, 0.2) is 65.1 Å². The van der Waals surface area contributed by atoms with Gasteiger partial charge in [0.15, 0.2) is 10.7 Å². The lowest BCUT2D eigenvalue weighted by Gasteiger charge is -2.10. The fraction of sp³-hybridized carbons (Fsp3) is 0.179. The number of oxazole rings is 1. The topological polar surface area (TPSA) is 87.4 Å². The number of amides is 1. The summed E-state index contributed by atoms with van der Waals surface area (Å²) in [5.74, 6) is 0.435. The zero-order chi connectivity index (χ0) is 25.1. The van der Waals surface area contributed by atoms with Crippen molar-refractivity contribution in [3.05, 3.63) is 82.9 Å². The van der Waals surface area contributed by atoms with Gasteiger partial charge in [-0.1, -0.05) is 44.2 Å². The number of aromatic hydroxyl groups is 1. The molecule has 0 saturated carbocycles. The minimum absolute atomic E-state index is 0.0258.